The van der Waals surface area contributed by atoms with Crippen molar-refractivity contribution in [3.8, 4) is 0 Å². The van der Waals surface area contributed by atoms with Gasteiger partial charge in [0.25, 0.3) is 0 Å². The fourth-order valence-corrected chi connectivity index (χ4v) is 1.86. The molecule has 0 radical (unpaired) electrons. The van der Waals surface area contributed by atoms with E-state index in [1.165, 1.54) is 35.0 Å². The summed E-state index contributed by atoms with van der Waals surface area (Å²) < 4.78 is 14.7. The zero-order valence-electron chi connectivity index (χ0n) is 10.1. The van der Waals surface area contributed by atoms with Gasteiger partial charge >= 0.3 is 5.97 Å². The van der Waals surface area contributed by atoms with E-state index in [1.54, 1.807) is 0 Å². The highest BCUT2D eigenvalue weighted by molar-refractivity contribution is 6.30. The van der Waals surface area contributed by atoms with Crippen molar-refractivity contribution in [3.05, 3.63) is 53.1 Å². The van der Waals surface area contributed by atoms with E-state index in [2.05, 4.69) is 5.32 Å². The van der Waals surface area contributed by atoms with Gasteiger partial charge in [-0.1, -0.05) is 11.6 Å². The second-order valence-corrected chi connectivity index (χ2v) is 4.44. The topological polar surface area (TPSA) is 71.3 Å². The molecule has 1 amide bonds. The van der Waals surface area contributed by atoms with Gasteiger partial charge in [0, 0.05) is 11.2 Å². The van der Waals surface area contributed by atoms with Gasteiger partial charge in [-0.25, -0.2) is 9.18 Å². The number of hydrogen-bond donors (Lipinski definition) is 2. The van der Waals surface area contributed by atoms with Gasteiger partial charge in [0.1, 0.15) is 18.1 Å². The highest BCUT2D eigenvalue weighted by Crippen LogP contribution is 2.19. The number of carbonyl (C=O) groups is 2. The molecule has 0 spiro atoms. The van der Waals surface area contributed by atoms with Crippen LogP contribution in [0.5, 0.6) is 0 Å². The molecule has 0 saturated heterocycles. The van der Waals surface area contributed by atoms with Gasteiger partial charge in [-0.15, -0.1) is 0 Å². The molecular formula is C13H10ClFN2O3. The van der Waals surface area contributed by atoms with E-state index in [0.29, 0.717) is 0 Å². The molecule has 1 aromatic carbocycles. The number of anilines is 1. The Labute approximate surface area is 118 Å². The van der Waals surface area contributed by atoms with Crippen LogP contribution >= 0.6 is 11.6 Å². The van der Waals surface area contributed by atoms with Crippen LogP contribution in [0.4, 0.5) is 10.1 Å². The van der Waals surface area contributed by atoms with Crippen molar-refractivity contribution in [3.63, 3.8) is 0 Å². The van der Waals surface area contributed by atoms with E-state index >= 15 is 0 Å². The lowest BCUT2D eigenvalue weighted by molar-refractivity contribution is -0.116. The number of hydrogen-bond acceptors (Lipinski definition) is 2. The molecule has 0 unspecified atom stereocenters. The Bertz CT molecular complexity index is 669. The Morgan fingerprint density at radius 1 is 1.35 bits per heavy atom. The summed E-state index contributed by atoms with van der Waals surface area (Å²) in [6.07, 6.45) is 1.46. The summed E-state index contributed by atoms with van der Waals surface area (Å²) in [5, 5.41) is 11.5. The fraction of sp³-hybridized carbons (Fsp3) is 0.0769. The third-order valence-electron chi connectivity index (χ3n) is 2.57. The number of aromatic nitrogens is 1. The molecule has 7 heteroatoms. The molecule has 1 aromatic heterocycles. The highest BCUT2D eigenvalue weighted by Gasteiger charge is 2.13. The molecule has 0 saturated carbocycles. The summed E-state index contributed by atoms with van der Waals surface area (Å²) in [5.41, 5.74) is -0.0711. The Hall–Kier alpha value is -2.34. The van der Waals surface area contributed by atoms with Gasteiger partial charge < -0.3 is 15.0 Å². The summed E-state index contributed by atoms with van der Waals surface area (Å²) >= 11 is 5.71. The first-order valence-corrected chi connectivity index (χ1v) is 5.98. The molecule has 5 nitrogen and oxygen atoms in total. The van der Waals surface area contributed by atoms with Crippen molar-refractivity contribution in [2.45, 2.75) is 6.54 Å². The van der Waals surface area contributed by atoms with E-state index in [0.717, 1.165) is 6.07 Å². The number of rotatable bonds is 4. The van der Waals surface area contributed by atoms with E-state index < -0.39 is 17.7 Å². The first-order chi connectivity index (χ1) is 9.47. The molecule has 0 aliphatic heterocycles. The van der Waals surface area contributed by atoms with Crippen LogP contribution < -0.4 is 5.32 Å². The van der Waals surface area contributed by atoms with Crippen LogP contribution in [-0.4, -0.2) is 21.6 Å². The standard InChI is InChI=1S/C13H10ClFN2O3/c14-8-3-4-9(15)10(6-8)16-12(18)7-17-5-1-2-11(17)13(19)20/h1-6H,7H2,(H,16,18)(H,19,20). The molecule has 0 fully saturated rings. The normalized spacial score (nSPS) is 10.3. The first kappa shape index (κ1) is 14.1. The maximum atomic E-state index is 13.4. The molecule has 104 valence electrons. The summed E-state index contributed by atoms with van der Waals surface area (Å²) in [6.45, 7) is -0.236. The molecule has 2 rings (SSSR count). The summed E-state index contributed by atoms with van der Waals surface area (Å²) in [7, 11) is 0. The molecule has 20 heavy (non-hydrogen) atoms. The van der Waals surface area contributed by atoms with Crippen LogP contribution in [0.15, 0.2) is 36.5 Å². The van der Waals surface area contributed by atoms with Crippen LogP contribution in [0.2, 0.25) is 5.02 Å². The molecule has 0 atom stereocenters. The average Bonchev–Trinajstić information content (AvgIpc) is 2.82. The average molecular weight is 297 g/mol. The smallest absolute Gasteiger partial charge is 0.352 e. The summed E-state index contributed by atoms with van der Waals surface area (Å²) in [4.78, 5) is 22.7. The Balaban J connectivity index is 2.11. The van der Waals surface area contributed by atoms with Crippen LogP contribution in [0.25, 0.3) is 0 Å². The van der Waals surface area contributed by atoms with Gasteiger partial charge in [-0.05, 0) is 30.3 Å². The number of halogens is 2. The van der Waals surface area contributed by atoms with Crippen molar-refractivity contribution in [2.24, 2.45) is 0 Å². The van der Waals surface area contributed by atoms with Crippen molar-refractivity contribution < 1.29 is 19.1 Å². The minimum atomic E-state index is -1.14. The Kier molecular flexibility index (Phi) is 4.05. The molecular weight excluding hydrogens is 287 g/mol. The van der Waals surface area contributed by atoms with Crippen molar-refractivity contribution >= 4 is 29.2 Å². The number of nitrogens with one attached hydrogen (secondary N) is 1. The van der Waals surface area contributed by atoms with Gasteiger partial charge in [-0.3, -0.25) is 4.79 Å². The zero-order chi connectivity index (χ0) is 14.7. The van der Waals surface area contributed by atoms with E-state index in [-0.39, 0.29) is 22.9 Å². The molecule has 0 aliphatic rings. The third kappa shape index (κ3) is 3.16. The Morgan fingerprint density at radius 2 is 2.10 bits per heavy atom. The van der Waals surface area contributed by atoms with Gasteiger partial charge in [0.05, 0.1) is 5.69 Å². The van der Waals surface area contributed by atoms with Crippen molar-refractivity contribution in [1.29, 1.82) is 0 Å². The van der Waals surface area contributed by atoms with Gasteiger partial charge in [0.2, 0.25) is 5.91 Å². The lowest BCUT2D eigenvalue weighted by Crippen LogP contribution is -2.21. The number of amides is 1. The quantitative estimate of drug-likeness (QED) is 0.911. The predicted octanol–water partition coefficient (Wildman–Crippen LogP) is 2.62. The molecule has 1 heterocycles. The third-order valence-corrected chi connectivity index (χ3v) is 2.80. The number of carbonyl (C=O) groups excluding carboxylic acids is 1. The minimum absolute atomic E-state index is 0.0216. The van der Waals surface area contributed by atoms with Crippen molar-refractivity contribution in [2.75, 3.05) is 5.32 Å². The minimum Gasteiger partial charge on any atom is -0.477 e. The maximum absolute atomic E-state index is 13.4. The molecule has 0 aliphatic carbocycles. The van der Waals surface area contributed by atoms with Crippen molar-refractivity contribution in [1.82, 2.24) is 4.57 Å². The lowest BCUT2D eigenvalue weighted by atomic mass is 10.3. The second-order valence-electron chi connectivity index (χ2n) is 4.00. The Morgan fingerprint density at radius 3 is 2.80 bits per heavy atom. The summed E-state index contributed by atoms with van der Waals surface area (Å²) in [5.74, 6) is -2.31. The zero-order valence-corrected chi connectivity index (χ0v) is 10.9. The molecule has 0 bridgehead atoms. The fourth-order valence-electron chi connectivity index (χ4n) is 1.68. The van der Waals surface area contributed by atoms with Crippen LogP contribution in [0, 0.1) is 5.82 Å². The van der Waals surface area contributed by atoms with Crippen LogP contribution in [-0.2, 0) is 11.3 Å². The number of benzene rings is 1. The van der Waals surface area contributed by atoms with Crippen LogP contribution in [0.1, 0.15) is 10.5 Å². The molecule has 2 N–H and O–H groups in total. The number of carboxylic acids is 1. The molecule has 2 aromatic rings. The SMILES string of the molecule is O=C(Cn1cccc1C(=O)O)Nc1cc(Cl)ccc1F. The van der Waals surface area contributed by atoms with Gasteiger partial charge in [-0.2, -0.15) is 0 Å². The van der Waals surface area contributed by atoms with E-state index in [1.807, 2.05) is 0 Å². The highest BCUT2D eigenvalue weighted by atomic mass is 35.5. The summed E-state index contributed by atoms with van der Waals surface area (Å²) in [6, 6.07) is 6.66. The monoisotopic (exact) mass is 296 g/mol. The van der Waals surface area contributed by atoms with E-state index in [4.69, 9.17) is 16.7 Å². The second kappa shape index (κ2) is 5.75. The predicted molar refractivity (Wildman–Crippen MR) is 71.4 cm³/mol. The number of nitrogens with zero attached hydrogens (tertiary/aromatic N) is 1. The maximum Gasteiger partial charge on any atom is 0.352 e. The van der Waals surface area contributed by atoms with Gasteiger partial charge in [0.15, 0.2) is 0 Å². The van der Waals surface area contributed by atoms with E-state index in [9.17, 15) is 14.0 Å². The largest absolute Gasteiger partial charge is 0.477 e. The number of carboxylic acid groups (broad SMARTS) is 1. The first-order valence-electron chi connectivity index (χ1n) is 5.60. The number of aromatic carboxylic acids is 1. The lowest BCUT2D eigenvalue weighted by Gasteiger charge is -2.09. The van der Waals surface area contributed by atoms with Crippen LogP contribution in [0.3, 0.4) is 0 Å².